The molecule has 1 aliphatic rings. The molecule has 4 N–H and O–H groups in total. The molecule has 0 aromatic heterocycles. The highest BCUT2D eigenvalue weighted by atomic mass is 35.5. The lowest BCUT2D eigenvalue weighted by Crippen LogP contribution is -2.30. The number of carboxylic acid groups (broad SMARTS) is 1. The third-order valence-corrected chi connectivity index (χ3v) is 7.82. The van der Waals surface area contributed by atoms with Crippen LogP contribution in [0, 0.1) is 0 Å². The second-order valence-corrected chi connectivity index (χ2v) is 11.8. The predicted octanol–water partition coefficient (Wildman–Crippen LogP) is 3.08. The fourth-order valence-corrected chi connectivity index (χ4v) is 5.11. The zero-order valence-corrected chi connectivity index (χ0v) is 25.1. The Morgan fingerprint density at radius 1 is 1.14 bits per heavy atom. The lowest BCUT2D eigenvalue weighted by Gasteiger charge is -2.17. The van der Waals surface area contributed by atoms with Gasteiger partial charge in [0.1, 0.15) is 11.7 Å². The Kier molecular flexibility index (Phi) is 13.4. The van der Waals surface area contributed by atoms with E-state index in [1.54, 1.807) is 11.9 Å². The number of amides is 2. The van der Waals surface area contributed by atoms with E-state index in [4.69, 9.17) is 21.5 Å². The molecular formula is C27H33ClF3N5O6S. The largest absolute Gasteiger partial charge is 0.490 e. The summed E-state index contributed by atoms with van der Waals surface area (Å²) in [7, 11) is -1.83. The standard InChI is InChI=1S/C25H32ClN5O4S.C2HF3O2/c1-18(32)30-23-10-9-21(16-22(23)26)36(34,35)17-27-12-3-4-24(33)31(2)15-11-19-5-7-20(8-6-19)25-28-13-14-29-25;3-2(4,5)1(6)7/h5-10,16,27H,3-4,11-15,17H2,1-2H3,(H,28,29)(H,30,32);(H,6,7). The third kappa shape index (κ3) is 12.2. The molecule has 0 saturated carbocycles. The van der Waals surface area contributed by atoms with E-state index in [9.17, 15) is 31.2 Å². The van der Waals surface area contributed by atoms with E-state index in [1.165, 1.54) is 25.1 Å². The molecule has 1 heterocycles. The van der Waals surface area contributed by atoms with Crippen molar-refractivity contribution in [3.05, 3.63) is 58.6 Å². The number of likely N-dealkylation sites (N-methyl/N-ethyl adjacent to an activating group) is 1. The zero-order valence-electron chi connectivity index (χ0n) is 23.5. The first-order chi connectivity index (χ1) is 20.1. The van der Waals surface area contributed by atoms with Crippen molar-refractivity contribution in [2.24, 2.45) is 4.99 Å². The van der Waals surface area contributed by atoms with Crippen LogP contribution in [0.2, 0.25) is 5.02 Å². The summed E-state index contributed by atoms with van der Waals surface area (Å²) < 4.78 is 56.8. The quantitative estimate of drug-likeness (QED) is 0.256. The number of rotatable bonds is 12. The molecule has 236 valence electrons. The molecule has 0 spiro atoms. The van der Waals surface area contributed by atoms with Crippen molar-refractivity contribution in [2.45, 2.75) is 37.3 Å². The van der Waals surface area contributed by atoms with E-state index in [0.29, 0.717) is 31.6 Å². The van der Waals surface area contributed by atoms with Crippen molar-refractivity contribution in [2.75, 3.05) is 44.4 Å². The van der Waals surface area contributed by atoms with Gasteiger partial charge in [-0.05, 0) is 43.1 Å². The van der Waals surface area contributed by atoms with Gasteiger partial charge in [0.15, 0.2) is 9.84 Å². The minimum absolute atomic E-state index is 0.0149. The molecule has 0 unspecified atom stereocenters. The van der Waals surface area contributed by atoms with E-state index in [2.05, 4.69) is 33.1 Å². The predicted molar refractivity (Wildman–Crippen MR) is 156 cm³/mol. The number of hydrogen-bond donors (Lipinski definition) is 4. The van der Waals surface area contributed by atoms with Crippen LogP contribution in [0.4, 0.5) is 18.9 Å². The average Bonchev–Trinajstić information content (AvgIpc) is 3.47. The Hall–Kier alpha value is -3.69. The summed E-state index contributed by atoms with van der Waals surface area (Å²) in [5.41, 5.74) is 2.57. The maximum Gasteiger partial charge on any atom is 0.490 e. The number of nitrogens with zero attached hydrogens (tertiary/aromatic N) is 2. The lowest BCUT2D eigenvalue weighted by atomic mass is 10.1. The van der Waals surface area contributed by atoms with Crippen molar-refractivity contribution < 1.29 is 41.1 Å². The number of aliphatic imine (C=N–C) groups is 1. The molecule has 11 nitrogen and oxygen atoms in total. The van der Waals surface area contributed by atoms with Crippen molar-refractivity contribution in [3.8, 4) is 0 Å². The van der Waals surface area contributed by atoms with Crippen LogP contribution in [0.15, 0.2) is 52.4 Å². The van der Waals surface area contributed by atoms with Gasteiger partial charge < -0.3 is 26.0 Å². The Balaban J connectivity index is 0.000000821. The van der Waals surface area contributed by atoms with Crippen LogP contribution in [0.25, 0.3) is 0 Å². The number of carbonyl (C=O) groups excluding carboxylic acids is 2. The monoisotopic (exact) mass is 647 g/mol. The lowest BCUT2D eigenvalue weighted by molar-refractivity contribution is -0.192. The maximum absolute atomic E-state index is 12.5. The highest BCUT2D eigenvalue weighted by molar-refractivity contribution is 7.91. The molecule has 3 rings (SSSR count). The molecular weight excluding hydrogens is 615 g/mol. The molecule has 2 amide bonds. The van der Waals surface area contributed by atoms with Crippen LogP contribution in [0.5, 0.6) is 0 Å². The number of nitrogens with one attached hydrogen (secondary N) is 3. The molecule has 0 radical (unpaired) electrons. The van der Waals surface area contributed by atoms with Gasteiger partial charge in [0.25, 0.3) is 0 Å². The smallest absolute Gasteiger partial charge is 0.475 e. The molecule has 1 aliphatic heterocycles. The first-order valence-corrected chi connectivity index (χ1v) is 15.1. The van der Waals surface area contributed by atoms with Gasteiger partial charge in [-0.2, -0.15) is 13.2 Å². The van der Waals surface area contributed by atoms with Crippen LogP contribution in [-0.4, -0.2) is 87.3 Å². The Morgan fingerprint density at radius 2 is 1.79 bits per heavy atom. The maximum atomic E-state index is 12.5. The summed E-state index contributed by atoms with van der Waals surface area (Å²) in [5, 5.41) is 15.9. The second-order valence-electron chi connectivity index (χ2n) is 9.41. The van der Waals surface area contributed by atoms with Gasteiger partial charge in [0.05, 0.1) is 22.2 Å². The summed E-state index contributed by atoms with van der Waals surface area (Å²) >= 11 is 6.08. The summed E-state index contributed by atoms with van der Waals surface area (Å²) in [6.45, 7) is 4.01. The van der Waals surface area contributed by atoms with Gasteiger partial charge in [0, 0.05) is 39.0 Å². The number of sulfone groups is 1. The first-order valence-electron chi connectivity index (χ1n) is 13.0. The SMILES string of the molecule is CC(=O)Nc1ccc(S(=O)(=O)CNCCCC(=O)N(C)CCc2ccc(C3=NCCN3)cc2)cc1Cl.O=C(O)C(F)(F)F. The number of hydrogen-bond acceptors (Lipinski definition) is 8. The molecule has 2 aromatic carbocycles. The molecule has 0 bridgehead atoms. The molecule has 0 fully saturated rings. The normalized spacial score (nSPS) is 12.8. The number of carboxylic acids is 1. The van der Waals surface area contributed by atoms with E-state index < -0.39 is 22.0 Å². The number of aliphatic carboxylic acids is 1. The fourth-order valence-electron chi connectivity index (χ4n) is 3.67. The molecule has 16 heteroatoms. The molecule has 43 heavy (non-hydrogen) atoms. The van der Waals surface area contributed by atoms with Crippen molar-refractivity contribution >= 4 is 50.7 Å². The minimum Gasteiger partial charge on any atom is -0.475 e. The van der Waals surface area contributed by atoms with Gasteiger partial charge in [0.2, 0.25) is 11.8 Å². The summed E-state index contributed by atoms with van der Waals surface area (Å²) in [5.74, 6) is -2.38. The Bertz CT molecular complexity index is 1420. The van der Waals surface area contributed by atoms with Crippen LogP contribution < -0.4 is 16.0 Å². The Labute approximate surface area is 252 Å². The molecule has 2 aromatic rings. The highest BCUT2D eigenvalue weighted by Gasteiger charge is 2.38. The second kappa shape index (κ2) is 16.2. The number of benzene rings is 2. The van der Waals surface area contributed by atoms with Crippen LogP contribution in [0.3, 0.4) is 0 Å². The summed E-state index contributed by atoms with van der Waals surface area (Å²) in [4.78, 5) is 38.7. The minimum atomic E-state index is -5.08. The van der Waals surface area contributed by atoms with Gasteiger partial charge in [-0.25, -0.2) is 13.2 Å². The van der Waals surface area contributed by atoms with E-state index in [0.717, 1.165) is 36.5 Å². The Morgan fingerprint density at radius 3 is 2.33 bits per heavy atom. The number of anilines is 1. The van der Waals surface area contributed by atoms with Crippen molar-refractivity contribution in [3.63, 3.8) is 0 Å². The zero-order chi connectivity index (χ0) is 32.2. The number of carbonyl (C=O) groups is 3. The van der Waals surface area contributed by atoms with Crippen molar-refractivity contribution in [1.29, 1.82) is 0 Å². The highest BCUT2D eigenvalue weighted by Crippen LogP contribution is 2.25. The van der Waals surface area contributed by atoms with E-state index >= 15 is 0 Å². The van der Waals surface area contributed by atoms with Gasteiger partial charge in [-0.15, -0.1) is 0 Å². The third-order valence-electron chi connectivity index (χ3n) is 5.95. The van der Waals surface area contributed by atoms with Crippen LogP contribution in [0.1, 0.15) is 30.9 Å². The van der Waals surface area contributed by atoms with Gasteiger partial charge in [-0.1, -0.05) is 35.9 Å². The van der Waals surface area contributed by atoms with Crippen molar-refractivity contribution in [1.82, 2.24) is 15.5 Å². The number of halogens is 4. The summed E-state index contributed by atoms with van der Waals surface area (Å²) in [6.07, 6.45) is -3.49. The summed E-state index contributed by atoms with van der Waals surface area (Å²) in [6, 6.07) is 12.4. The average molecular weight is 648 g/mol. The first kappa shape index (κ1) is 35.5. The molecule has 0 atom stereocenters. The van der Waals surface area contributed by atoms with Crippen LogP contribution >= 0.6 is 11.6 Å². The van der Waals surface area contributed by atoms with Crippen LogP contribution in [-0.2, 0) is 30.6 Å². The number of amidine groups is 1. The molecule has 0 aliphatic carbocycles. The topological polar surface area (TPSA) is 157 Å². The number of alkyl halides is 3. The van der Waals surface area contributed by atoms with E-state index in [1.807, 2.05) is 12.1 Å². The molecule has 0 saturated heterocycles. The fraction of sp³-hybridized carbons (Fsp3) is 0.407. The van der Waals surface area contributed by atoms with Gasteiger partial charge in [-0.3, -0.25) is 14.6 Å². The van der Waals surface area contributed by atoms with E-state index in [-0.39, 0.29) is 27.6 Å². The van der Waals surface area contributed by atoms with Gasteiger partial charge >= 0.3 is 12.1 Å².